The van der Waals surface area contributed by atoms with E-state index in [1.165, 1.54) is 14.0 Å². The Kier molecular flexibility index (Phi) is 6.58. The second-order valence-corrected chi connectivity index (χ2v) is 11.2. The van der Waals surface area contributed by atoms with Crippen LogP contribution in [-0.2, 0) is 20.0 Å². The van der Waals surface area contributed by atoms with E-state index in [0.717, 1.165) is 5.56 Å². The number of hydrogen-bond donors (Lipinski definition) is 2. The van der Waals surface area contributed by atoms with Gasteiger partial charge in [0.2, 0.25) is 20.0 Å². The fourth-order valence-corrected chi connectivity index (χ4v) is 7.19. The average molecular weight is 429 g/mol. The van der Waals surface area contributed by atoms with Gasteiger partial charge in [-0.2, -0.15) is 4.31 Å². The third-order valence-corrected chi connectivity index (χ3v) is 9.39. The third kappa shape index (κ3) is 4.64. The van der Waals surface area contributed by atoms with Gasteiger partial charge >= 0.3 is 0 Å². The Hall–Kier alpha value is -1.30. The summed E-state index contributed by atoms with van der Waals surface area (Å²) in [5.41, 5.74) is 6.75. The summed E-state index contributed by atoms with van der Waals surface area (Å²) in [4.78, 5) is 0. The fraction of sp³-hybridized carbons (Fsp3) is 0.556. The van der Waals surface area contributed by atoms with Crippen molar-refractivity contribution in [2.75, 3.05) is 26.2 Å². The smallest absolute Gasteiger partial charge is 0.236 e. The molecule has 156 valence electrons. The topological polar surface area (TPSA) is 98.8 Å². The van der Waals surface area contributed by atoms with Crippen LogP contribution in [0.1, 0.15) is 25.8 Å². The molecule has 2 unspecified atom stereocenters. The molecule has 0 spiro atoms. The summed E-state index contributed by atoms with van der Waals surface area (Å²) >= 11 is 0. The van der Waals surface area contributed by atoms with E-state index < -0.39 is 25.3 Å². The highest BCUT2D eigenvalue weighted by Gasteiger charge is 2.43. The maximum atomic E-state index is 13.1. The zero-order chi connectivity index (χ0) is 20.4. The van der Waals surface area contributed by atoms with E-state index in [4.69, 9.17) is 0 Å². The van der Waals surface area contributed by atoms with Crippen LogP contribution in [0.2, 0.25) is 0 Å². The molecule has 0 aliphatic carbocycles. The Labute approximate surface area is 167 Å². The molecule has 0 radical (unpaired) electrons. The van der Waals surface area contributed by atoms with E-state index in [9.17, 15) is 16.8 Å². The lowest BCUT2D eigenvalue weighted by Crippen LogP contribution is -2.48. The van der Waals surface area contributed by atoms with Crippen LogP contribution in [0.3, 0.4) is 0 Å². The van der Waals surface area contributed by atoms with Crippen molar-refractivity contribution < 1.29 is 16.8 Å². The van der Waals surface area contributed by atoms with E-state index in [-0.39, 0.29) is 25.2 Å². The Morgan fingerprint density at radius 2 is 1.46 bits per heavy atom. The summed E-state index contributed by atoms with van der Waals surface area (Å²) in [7, 11) is -7.15. The summed E-state index contributed by atoms with van der Waals surface area (Å²) in [6.07, 6.45) is 2.03. The van der Waals surface area contributed by atoms with Gasteiger partial charge in [-0.1, -0.05) is 30.3 Å². The summed E-state index contributed by atoms with van der Waals surface area (Å²) in [5.74, 6) is 0. The third-order valence-electron chi connectivity index (χ3n) is 5.23. The summed E-state index contributed by atoms with van der Waals surface area (Å²) in [6, 6.07) is 8.79. The van der Waals surface area contributed by atoms with E-state index in [1.807, 2.05) is 44.2 Å². The molecule has 2 heterocycles. The average Bonchev–Trinajstić information content (AvgIpc) is 2.87. The highest BCUT2D eigenvalue weighted by molar-refractivity contribution is 7.92. The lowest BCUT2D eigenvalue weighted by Gasteiger charge is -2.27. The highest BCUT2D eigenvalue weighted by Crippen LogP contribution is 2.22. The molecule has 10 heteroatoms. The number of sulfonamides is 2. The van der Waals surface area contributed by atoms with Crippen molar-refractivity contribution in [1.82, 2.24) is 19.5 Å². The minimum atomic E-state index is -3.61. The highest BCUT2D eigenvalue weighted by atomic mass is 32.2. The molecular weight excluding hydrogens is 400 g/mol. The Balaban J connectivity index is 1.70. The molecule has 2 aliphatic heterocycles. The molecular formula is C18H28N4O4S2. The van der Waals surface area contributed by atoms with Gasteiger partial charge in [-0.15, -0.1) is 0 Å². The van der Waals surface area contributed by atoms with Crippen LogP contribution in [0.5, 0.6) is 0 Å². The maximum Gasteiger partial charge on any atom is 0.236 e. The van der Waals surface area contributed by atoms with Gasteiger partial charge in [-0.25, -0.2) is 21.1 Å². The standard InChI is InChI=1S/C18H28N4O4S2/c1-15-18(16(2)20-19-15)28(25,26)22-11-6-10-21(12-13-22)27(23,24)14-9-17-7-4-3-5-8-17/h3-5,7-9,14-16,18-20H,6,10-13H2,1-2H3/b14-9+. The SMILES string of the molecule is CC1NNC(C)C1S(=O)(=O)N1CCCN(S(=O)(=O)/C=C/c2ccccc2)CC1. The number of hydrogen-bond acceptors (Lipinski definition) is 6. The van der Waals surface area contributed by atoms with Crippen LogP contribution >= 0.6 is 0 Å². The molecule has 1 aromatic carbocycles. The summed E-state index contributed by atoms with van der Waals surface area (Å²) < 4.78 is 54.3. The monoisotopic (exact) mass is 428 g/mol. The van der Waals surface area contributed by atoms with Crippen LogP contribution in [0, 0.1) is 0 Å². The minimum Gasteiger partial charge on any atom is -0.253 e. The van der Waals surface area contributed by atoms with E-state index in [1.54, 1.807) is 6.08 Å². The van der Waals surface area contributed by atoms with Gasteiger partial charge < -0.3 is 0 Å². The number of nitrogens with one attached hydrogen (secondary N) is 2. The predicted molar refractivity (Wildman–Crippen MR) is 110 cm³/mol. The number of hydrazine groups is 1. The largest absolute Gasteiger partial charge is 0.253 e. The second kappa shape index (κ2) is 8.60. The van der Waals surface area contributed by atoms with Gasteiger partial charge in [0, 0.05) is 43.7 Å². The van der Waals surface area contributed by atoms with Gasteiger partial charge in [0.05, 0.1) is 0 Å². The van der Waals surface area contributed by atoms with Crippen LogP contribution < -0.4 is 10.9 Å². The Bertz CT molecular complexity index is 893. The lowest BCUT2D eigenvalue weighted by molar-refractivity contribution is 0.398. The lowest BCUT2D eigenvalue weighted by atomic mass is 10.2. The normalized spacial score (nSPS) is 28.6. The maximum absolute atomic E-state index is 13.1. The molecule has 1 aromatic rings. The fourth-order valence-electron chi connectivity index (χ4n) is 3.74. The van der Waals surface area contributed by atoms with Gasteiger partial charge in [-0.3, -0.25) is 10.9 Å². The van der Waals surface area contributed by atoms with E-state index >= 15 is 0 Å². The molecule has 2 atom stereocenters. The van der Waals surface area contributed by atoms with Crippen molar-refractivity contribution in [3.63, 3.8) is 0 Å². The van der Waals surface area contributed by atoms with Crippen LogP contribution in [-0.4, -0.2) is 69.0 Å². The van der Waals surface area contributed by atoms with Gasteiger partial charge in [0.25, 0.3) is 0 Å². The van der Waals surface area contributed by atoms with Crippen molar-refractivity contribution in [2.24, 2.45) is 0 Å². The van der Waals surface area contributed by atoms with Crippen LogP contribution in [0.15, 0.2) is 35.7 Å². The number of rotatable bonds is 5. The first-order valence-corrected chi connectivity index (χ1v) is 12.5. The molecule has 28 heavy (non-hydrogen) atoms. The van der Waals surface area contributed by atoms with E-state index in [2.05, 4.69) is 10.9 Å². The molecule has 0 saturated carbocycles. The first-order chi connectivity index (χ1) is 13.2. The predicted octanol–water partition coefficient (Wildman–Crippen LogP) is 0.578. The Morgan fingerprint density at radius 3 is 2.11 bits per heavy atom. The Morgan fingerprint density at radius 1 is 0.893 bits per heavy atom. The van der Waals surface area contributed by atoms with Gasteiger partial charge in [0.15, 0.2) is 0 Å². The molecule has 2 fully saturated rings. The van der Waals surface area contributed by atoms with Gasteiger partial charge in [0.1, 0.15) is 5.25 Å². The molecule has 0 amide bonds. The zero-order valence-corrected chi connectivity index (χ0v) is 17.8. The van der Waals surface area contributed by atoms with Crippen molar-refractivity contribution in [1.29, 1.82) is 0 Å². The second-order valence-electron chi connectivity index (χ2n) is 7.29. The number of benzene rings is 1. The molecule has 8 nitrogen and oxygen atoms in total. The first-order valence-electron chi connectivity index (χ1n) is 9.45. The quantitative estimate of drug-likeness (QED) is 0.712. The van der Waals surface area contributed by atoms with E-state index in [0.29, 0.717) is 19.5 Å². The van der Waals surface area contributed by atoms with Crippen molar-refractivity contribution in [2.45, 2.75) is 37.6 Å². The molecule has 2 saturated heterocycles. The molecule has 2 N–H and O–H groups in total. The summed E-state index contributed by atoms with van der Waals surface area (Å²) in [5, 5.41) is 0.621. The molecule has 0 bridgehead atoms. The zero-order valence-electron chi connectivity index (χ0n) is 16.2. The van der Waals surface area contributed by atoms with Crippen LogP contribution in [0.25, 0.3) is 6.08 Å². The summed E-state index contributed by atoms with van der Waals surface area (Å²) in [6.45, 7) is 4.61. The van der Waals surface area contributed by atoms with Crippen molar-refractivity contribution in [3.05, 3.63) is 41.3 Å². The molecule has 0 aromatic heterocycles. The molecule has 3 rings (SSSR count). The molecule has 2 aliphatic rings. The number of nitrogens with zero attached hydrogens (tertiary/aromatic N) is 2. The van der Waals surface area contributed by atoms with Crippen molar-refractivity contribution in [3.8, 4) is 0 Å². The van der Waals surface area contributed by atoms with Crippen LogP contribution in [0.4, 0.5) is 0 Å². The van der Waals surface area contributed by atoms with Crippen molar-refractivity contribution >= 4 is 26.1 Å². The minimum absolute atomic E-state index is 0.150. The van der Waals surface area contributed by atoms with Gasteiger partial charge in [-0.05, 0) is 31.9 Å². The first kappa shape index (κ1) is 21.4.